The molecular weight excluding hydrogens is 214 g/mol. The van der Waals surface area contributed by atoms with Crippen molar-refractivity contribution < 1.29 is 4.79 Å². The molecule has 82 valence electrons. The summed E-state index contributed by atoms with van der Waals surface area (Å²) in [4.78, 5) is 15.3. The fourth-order valence-electron chi connectivity index (χ4n) is 1.16. The van der Waals surface area contributed by atoms with Gasteiger partial charge >= 0.3 is 0 Å². The van der Waals surface area contributed by atoms with E-state index >= 15 is 0 Å². The Morgan fingerprint density at radius 1 is 1.73 bits per heavy atom. The predicted molar refractivity (Wildman–Crippen MR) is 60.9 cm³/mol. The maximum atomic E-state index is 11.4. The second kappa shape index (κ2) is 5.09. The molecule has 0 fully saturated rings. The molecule has 1 unspecified atom stereocenters. The molecule has 0 saturated carbocycles. The molecule has 0 bridgehead atoms. The fourth-order valence-corrected chi connectivity index (χ4v) is 1.41. The Bertz CT molecular complexity index is 345. The molecule has 1 aromatic rings. The molecule has 0 aliphatic carbocycles. The van der Waals surface area contributed by atoms with Gasteiger partial charge in [-0.1, -0.05) is 11.6 Å². The first-order valence-corrected chi connectivity index (χ1v) is 5.05. The van der Waals surface area contributed by atoms with E-state index in [9.17, 15) is 4.79 Å². The van der Waals surface area contributed by atoms with E-state index in [0.29, 0.717) is 10.8 Å². The van der Waals surface area contributed by atoms with Crippen LogP contribution in [0.4, 0.5) is 5.69 Å². The van der Waals surface area contributed by atoms with Crippen molar-refractivity contribution >= 4 is 23.2 Å². The van der Waals surface area contributed by atoms with Crippen molar-refractivity contribution in [2.24, 2.45) is 5.73 Å². The van der Waals surface area contributed by atoms with Crippen LogP contribution in [0.25, 0.3) is 0 Å². The highest BCUT2D eigenvalue weighted by atomic mass is 35.5. The van der Waals surface area contributed by atoms with E-state index < -0.39 is 0 Å². The van der Waals surface area contributed by atoms with Crippen LogP contribution >= 0.6 is 11.6 Å². The number of anilines is 1. The normalized spacial score (nSPS) is 12.3. The first-order chi connectivity index (χ1) is 7.00. The average Bonchev–Trinajstić information content (AvgIpc) is 2.10. The summed E-state index contributed by atoms with van der Waals surface area (Å²) in [6.45, 7) is 3.63. The van der Waals surface area contributed by atoms with Gasteiger partial charge in [-0.15, -0.1) is 0 Å². The van der Waals surface area contributed by atoms with E-state index in [2.05, 4.69) is 10.3 Å². The number of pyridine rings is 1. The van der Waals surface area contributed by atoms with Crippen LogP contribution in [0.15, 0.2) is 12.3 Å². The third kappa shape index (κ3) is 3.49. The van der Waals surface area contributed by atoms with E-state index in [0.717, 1.165) is 5.56 Å². The van der Waals surface area contributed by atoms with Crippen LogP contribution in [-0.2, 0) is 4.79 Å². The molecule has 15 heavy (non-hydrogen) atoms. The number of amides is 1. The minimum atomic E-state index is -0.166. The SMILES string of the molecule is Cc1ccnc(Cl)c1NC(=O)CC(C)N. The van der Waals surface area contributed by atoms with E-state index in [1.807, 2.05) is 6.92 Å². The fraction of sp³-hybridized carbons (Fsp3) is 0.400. The Kier molecular flexibility index (Phi) is 4.05. The summed E-state index contributed by atoms with van der Waals surface area (Å²) in [5.74, 6) is -0.150. The van der Waals surface area contributed by atoms with Gasteiger partial charge in [0.05, 0.1) is 5.69 Å². The van der Waals surface area contributed by atoms with Gasteiger partial charge < -0.3 is 11.1 Å². The van der Waals surface area contributed by atoms with E-state index in [1.165, 1.54) is 0 Å². The Morgan fingerprint density at radius 3 is 2.93 bits per heavy atom. The van der Waals surface area contributed by atoms with Gasteiger partial charge in [0.1, 0.15) is 0 Å². The molecule has 3 N–H and O–H groups in total. The average molecular weight is 228 g/mol. The van der Waals surface area contributed by atoms with E-state index in [1.54, 1.807) is 19.2 Å². The molecular formula is C10H14ClN3O. The van der Waals surface area contributed by atoms with Crippen LogP contribution in [0.2, 0.25) is 5.15 Å². The first-order valence-electron chi connectivity index (χ1n) is 4.67. The quantitative estimate of drug-likeness (QED) is 0.773. The Hall–Kier alpha value is -1.13. The molecule has 1 rings (SSSR count). The molecule has 4 nitrogen and oxygen atoms in total. The number of aryl methyl sites for hydroxylation is 1. The molecule has 5 heteroatoms. The summed E-state index contributed by atoms with van der Waals surface area (Å²) >= 11 is 5.85. The van der Waals surface area contributed by atoms with Crippen LogP contribution < -0.4 is 11.1 Å². The number of rotatable bonds is 3. The van der Waals surface area contributed by atoms with Crippen molar-refractivity contribution in [3.8, 4) is 0 Å². The standard InChI is InChI=1S/C10H14ClN3O/c1-6-3-4-13-10(11)9(6)14-8(15)5-7(2)12/h3-4,7H,5,12H2,1-2H3,(H,14,15). The smallest absolute Gasteiger partial charge is 0.226 e. The lowest BCUT2D eigenvalue weighted by Crippen LogP contribution is -2.24. The van der Waals surface area contributed by atoms with E-state index in [-0.39, 0.29) is 18.4 Å². The lowest BCUT2D eigenvalue weighted by Gasteiger charge is -2.10. The molecule has 0 aliphatic heterocycles. The van der Waals surface area contributed by atoms with Gasteiger partial charge in [0.15, 0.2) is 5.15 Å². The monoisotopic (exact) mass is 227 g/mol. The largest absolute Gasteiger partial charge is 0.327 e. The van der Waals surface area contributed by atoms with Gasteiger partial charge in [-0.3, -0.25) is 4.79 Å². The molecule has 0 radical (unpaired) electrons. The Labute approximate surface area is 93.8 Å². The van der Waals surface area contributed by atoms with Gasteiger partial charge in [-0.25, -0.2) is 4.98 Å². The minimum Gasteiger partial charge on any atom is -0.327 e. The number of nitrogens with zero attached hydrogens (tertiary/aromatic N) is 1. The number of halogens is 1. The highest BCUT2D eigenvalue weighted by Crippen LogP contribution is 2.22. The zero-order chi connectivity index (χ0) is 11.4. The van der Waals surface area contributed by atoms with Crippen LogP contribution in [-0.4, -0.2) is 16.9 Å². The Balaban J connectivity index is 2.76. The molecule has 1 aromatic heterocycles. The maximum Gasteiger partial charge on any atom is 0.226 e. The van der Waals surface area contributed by atoms with Crippen molar-refractivity contribution in [2.75, 3.05) is 5.32 Å². The van der Waals surface area contributed by atoms with Gasteiger partial charge in [0.25, 0.3) is 0 Å². The second-order valence-electron chi connectivity index (χ2n) is 3.52. The molecule has 1 amide bonds. The molecule has 0 aliphatic rings. The van der Waals surface area contributed by atoms with Crippen molar-refractivity contribution in [3.63, 3.8) is 0 Å². The summed E-state index contributed by atoms with van der Waals surface area (Å²) in [6, 6.07) is 1.62. The van der Waals surface area contributed by atoms with Crippen molar-refractivity contribution in [3.05, 3.63) is 23.0 Å². The highest BCUT2D eigenvalue weighted by molar-refractivity contribution is 6.32. The lowest BCUT2D eigenvalue weighted by atomic mass is 10.2. The van der Waals surface area contributed by atoms with Crippen molar-refractivity contribution in [1.82, 2.24) is 4.98 Å². The molecule has 1 atom stereocenters. The predicted octanol–water partition coefficient (Wildman–Crippen LogP) is 1.72. The summed E-state index contributed by atoms with van der Waals surface area (Å²) < 4.78 is 0. The van der Waals surface area contributed by atoms with Crippen molar-refractivity contribution in [1.29, 1.82) is 0 Å². The number of nitrogens with one attached hydrogen (secondary N) is 1. The van der Waals surface area contributed by atoms with Gasteiger partial charge in [0.2, 0.25) is 5.91 Å². The van der Waals surface area contributed by atoms with Crippen LogP contribution in [0.5, 0.6) is 0 Å². The van der Waals surface area contributed by atoms with Crippen LogP contribution in [0.3, 0.4) is 0 Å². The van der Waals surface area contributed by atoms with Crippen LogP contribution in [0.1, 0.15) is 18.9 Å². The minimum absolute atomic E-state index is 0.150. The number of hydrogen-bond donors (Lipinski definition) is 2. The topological polar surface area (TPSA) is 68.0 Å². The number of nitrogens with two attached hydrogens (primary N) is 1. The number of hydrogen-bond acceptors (Lipinski definition) is 3. The molecule has 0 spiro atoms. The summed E-state index contributed by atoms with van der Waals surface area (Å²) in [5.41, 5.74) is 6.96. The molecule has 0 saturated heterocycles. The number of aromatic nitrogens is 1. The van der Waals surface area contributed by atoms with Crippen molar-refractivity contribution in [2.45, 2.75) is 26.3 Å². The lowest BCUT2D eigenvalue weighted by molar-refractivity contribution is -0.116. The Morgan fingerprint density at radius 2 is 2.40 bits per heavy atom. The summed E-state index contributed by atoms with van der Waals surface area (Å²) in [7, 11) is 0. The van der Waals surface area contributed by atoms with Gasteiger partial charge in [-0.05, 0) is 25.5 Å². The first kappa shape index (κ1) is 11.9. The zero-order valence-corrected chi connectivity index (χ0v) is 9.51. The molecule has 0 aromatic carbocycles. The van der Waals surface area contributed by atoms with Gasteiger partial charge in [-0.2, -0.15) is 0 Å². The van der Waals surface area contributed by atoms with E-state index in [4.69, 9.17) is 17.3 Å². The third-order valence-corrected chi connectivity index (χ3v) is 2.17. The highest BCUT2D eigenvalue weighted by Gasteiger charge is 2.10. The third-order valence-electron chi connectivity index (χ3n) is 1.88. The maximum absolute atomic E-state index is 11.4. The van der Waals surface area contributed by atoms with Crippen LogP contribution in [0, 0.1) is 6.92 Å². The number of carbonyl (C=O) groups is 1. The summed E-state index contributed by atoms with van der Waals surface area (Å²) in [6.07, 6.45) is 1.86. The zero-order valence-electron chi connectivity index (χ0n) is 8.75. The number of carbonyl (C=O) groups excluding carboxylic acids is 1. The molecule has 1 heterocycles. The summed E-state index contributed by atoms with van der Waals surface area (Å²) in [5, 5.41) is 3.00. The van der Waals surface area contributed by atoms with Gasteiger partial charge in [0, 0.05) is 18.7 Å². The second-order valence-corrected chi connectivity index (χ2v) is 3.88.